The first-order valence-corrected chi connectivity index (χ1v) is 10.2. The summed E-state index contributed by atoms with van der Waals surface area (Å²) in [4.78, 5) is 13.3. The number of imidazole rings is 1. The van der Waals surface area contributed by atoms with Gasteiger partial charge in [-0.2, -0.15) is 5.10 Å². The average molecular weight is 434 g/mol. The minimum atomic E-state index is -0.852. The maximum Gasteiger partial charge on any atom is 0.238 e. The van der Waals surface area contributed by atoms with Gasteiger partial charge in [0.2, 0.25) is 5.88 Å². The normalized spacial score (nSPS) is 15.4. The molecule has 1 aliphatic rings. The second kappa shape index (κ2) is 7.99. The van der Waals surface area contributed by atoms with Crippen LogP contribution in [0.25, 0.3) is 17.8 Å². The van der Waals surface area contributed by atoms with Crippen LogP contribution in [0.2, 0.25) is 0 Å². The molecule has 0 amide bonds. The molecule has 0 saturated carbocycles. The molecule has 0 spiro atoms. The molecule has 1 atom stereocenters. The number of aromatic nitrogens is 6. The molecule has 4 heterocycles. The van der Waals surface area contributed by atoms with Gasteiger partial charge in [-0.3, -0.25) is 0 Å². The van der Waals surface area contributed by atoms with Gasteiger partial charge in [0.05, 0.1) is 24.8 Å². The molecule has 0 unspecified atom stereocenters. The van der Waals surface area contributed by atoms with Crippen LogP contribution in [0.3, 0.4) is 0 Å². The summed E-state index contributed by atoms with van der Waals surface area (Å²) in [5.41, 5.74) is 2.66. The average Bonchev–Trinajstić information content (AvgIpc) is 3.50. The van der Waals surface area contributed by atoms with E-state index in [0.717, 1.165) is 17.4 Å². The lowest BCUT2D eigenvalue weighted by molar-refractivity contribution is 0.395. The van der Waals surface area contributed by atoms with Crippen LogP contribution in [0.4, 0.5) is 8.78 Å². The monoisotopic (exact) mass is 434 g/mol. The van der Waals surface area contributed by atoms with E-state index in [1.807, 2.05) is 29.8 Å². The van der Waals surface area contributed by atoms with Gasteiger partial charge in [0.25, 0.3) is 0 Å². The second-order valence-electron chi connectivity index (χ2n) is 7.56. The first-order valence-electron chi connectivity index (χ1n) is 10.2. The standard InChI is InChI=1S/C23H20F2N6O/c1-14-12-30(13-26-14)19-8-6-15(27-23(19)32-2)7-9-20-28-22-17(10-11-31(22)29-20)16-4-3-5-18(24)21(16)25/h3-9,12-13,17H,10-11H2,1-2H3/b9-7+/t17-/m0/s1. The Labute approximate surface area is 183 Å². The number of aryl methyl sites for hydroxylation is 2. The van der Waals surface area contributed by atoms with Crippen LogP contribution in [0.1, 0.15) is 40.9 Å². The third-order valence-electron chi connectivity index (χ3n) is 5.46. The van der Waals surface area contributed by atoms with E-state index in [-0.39, 0.29) is 5.92 Å². The van der Waals surface area contributed by atoms with Gasteiger partial charge < -0.3 is 9.30 Å². The third kappa shape index (κ3) is 3.55. The van der Waals surface area contributed by atoms with Crippen molar-refractivity contribution in [1.82, 2.24) is 29.3 Å². The first kappa shape index (κ1) is 20.0. The summed E-state index contributed by atoms with van der Waals surface area (Å²) in [5, 5.41) is 4.48. The molecular weight excluding hydrogens is 414 g/mol. The molecule has 4 aromatic rings. The van der Waals surface area contributed by atoms with Crippen LogP contribution in [0, 0.1) is 18.6 Å². The summed E-state index contributed by atoms with van der Waals surface area (Å²) in [6.07, 6.45) is 7.76. The summed E-state index contributed by atoms with van der Waals surface area (Å²) in [5.74, 6) is -0.421. The van der Waals surface area contributed by atoms with Crippen molar-refractivity contribution in [2.24, 2.45) is 0 Å². The van der Waals surface area contributed by atoms with Gasteiger partial charge in [0.1, 0.15) is 11.5 Å². The van der Waals surface area contributed by atoms with Gasteiger partial charge in [0, 0.05) is 24.2 Å². The predicted molar refractivity (Wildman–Crippen MR) is 114 cm³/mol. The Bertz CT molecular complexity index is 1330. The van der Waals surface area contributed by atoms with Crippen molar-refractivity contribution in [2.45, 2.75) is 25.8 Å². The van der Waals surface area contributed by atoms with Crippen molar-refractivity contribution < 1.29 is 13.5 Å². The molecule has 0 radical (unpaired) electrons. The molecular formula is C23H20F2N6O. The van der Waals surface area contributed by atoms with Gasteiger partial charge >= 0.3 is 0 Å². The van der Waals surface area contributed by atoms with E-state index in [1.165, 1.54) is 6.07 Å². The Morgan fingerprint density at radius 3 is 2.78 bits per heavy atom. The lowest BCUT2D eigenvalue weighted by atomic mass is 9.96. The number of ether oxygens (including phenoxy) is 1. The molecule has 1 aliphatic heterocycles. The van der Waals surface area contributed by atoms with E-state index in [4.69, 9.17) is 4.74 Å². The van der Waals surface area contributed by atoms with Crippen LogP contribution < -0.4 is 4.74 Å². The molecule has 0 bridgehead atoms. The Kier molecular flexibility index (Phi) is 5.01. The molecule has 3 aromatic heterocycles. The third-order valence-corrected chi connectivity index (χ3v) is 5.46. The SMILES string of the molecule is COc1nc(/C=C/c2nc3n(n2)CC[C@H]3c2cccc(F)c2F)ccc1-n1cnc(C)c1. The summed E-state index contributed by atoms with van der Waals surface area (Å²) < 4.78 is 37.0. The minimum absolute atomic E-state index is 0.309. The zero-order valence-electron chi connectivity index (χ0n) is 17.5. The number of halogens is 2. The Morgan fingerprint density at radius 2 is 2.00 bits per heavy atom. The van der Waals surface area contributed by atoms with Crippen LogP contribution in [-0.2, 0) is 6.54 Å². The Hall–Kier alpha value is -3.88. The van der Waals surface area contributed by atoms with Crippen molar-refractivity contribution in [3.8, 4) is 11.6 Å². The molecule has 32 heavy (non-hydrogen) atoms. The van der Waals surface area contributed by atoms with Gasteiger partial charge in [-0.05, 0) is 43.7 Å². The van der Waals surface area contributed by atoms with Gasteiger partial charge in [0.15, 0.2) is 17.5 Å². The summed E-state index contributed by atoms with van der Waals surface area (Å²) >= 11 is 0. The maximum absolute atomic E-state index is 14.3. The Balaban J connectivity index is 1.40. The molecule has 0 fully saturated rings. The number of nitrogens with zero attached hydrogens (tertiary/aromatic N) is 6. The largest absolute Gasteiger partial charge is 0.479 e. The number of hydrogen-bond acceptors (Lipinski definition) is 5. The molecule has 1 aromatic carbocycles. The van der Waals surface area contributed by atoms with Crippen molar-refractivity contribution in [3.05, 3.63) is 83.1 Å². The fourth-order valence-corrected chi connectivity index (χ4v) is 3.93. The molecule has 5 rings (SSSR count). The number of hydrogen-bond donors (Lipinski definition) is 0. The lowest BCUT2D eigenvalue weighted by Crippen LogP contribution is -2.03. The first-order chi connectivity index (χ1) is 15.5. The zero-order chi connectivity index (χ0) is 22.2. The highest BCUT2D eigenvalue weighted by atomic mass is 19.2. The highest BCUT2D eigenvalue weighted by molar-refractivity contribution is 5.65. The van der Waals surface area contributed by atoms with Crippen LogP contribution in [0.15, 0.2) is 42.9 Å². The summed E-state index contributed by atoms with van der Waals surface area (Å²) in [7, 11) is 1.57. The van der Waals surface area contributed by atoms with E-state index >= 15 is 0 Å². The van der Waals surface area contributed by atoms with Crippen molar-refractivity contribution in [2.75, 3.05) is 7.11 Å². The van der Waals surface area contributed by atoms with E-state index < -0.39 is 11.6 Å². The second-order valence-corrected chi connectivity index (χ2v) is 7.56. The smallest absolute Gasteiger partial charge is 0.238 e. The zero-order valence-corrected chi connectivity index (χ0v) is 17.5. The summed E-state index contributed by atoms with van der Waals surface area (Å²) in [6, 6.07) is 7.99. The van der Waals surface area contributed by atoms with Crippen molar-refractivity contribution in [3.63, 3.8) is 0 Å². The molecule has 0 N–H and O–H groups in total. The van der Waals surface area contributed by atoms with E-state index in [9.17, 15) is 8.78 Å². The van der Waals surface area contributed by atoms with Gasteiger partial charge in [-0.15, -0.1) is 0 Å². The Morgan fingerprint density at radius 1 is 1.12 bits per heavy atom. The number of benzene rings is 1. The van der Waals surface area contributed by atoms with Crippen molar-refractivity contribution in [1.29, 1.82) is 0 Å². The van der Waals surface area contributed by atoms with Crippen LogP contribution in [-0.4, -0.2) is 36.4 Å². The molecule has 9 heteroatoms. The fraction of sp³-hybridized carbons (Fsp3) is 0.217. The quantitative estimate of drug-likeness (QED) is 0.472. The topological polar surface area (TPSA) is 70.7 Å². The van der Waals surface area contributed by atoms with E-state index in [0.29, 0.717) is 41.8 Å². The van der Waals surface area contributed by atoms with Crippen LogP contribution >= 0.6 is 0 Å². The molecule has 7 nitrogen and oxygen atoms in total. The summed E-state index contributed by atoms with van der Waals surface area (Å²) in [6.45, 7) is 2.51. The van der Waals surface area contributed by atoms with E-state index in [1.54, 1.807) is 36.3 Å². The fourth-order valence-electron chi connectivity index (χ4n) is 3.93. The molecule has 162 valence electrons. The van der Waals surface area contributed by atoms with Gasteiger partial charge in [-0.25, -0.2) is 28.4 Å². The van der Waals surface area contributed by atoms with Crippen molar-refractivity contribution >= 4 is 12.2 Å². The maximum atomic E-state index is 14.3. The van der Waals surface area contributed by atoms with E-state index in [2.05, 4.69) is 20.1 Å². The number of pyridine rings is 1. The van der Waals surface area contributed by atoms with Crippen LogP contribution in [0.5, 0.6) is 5.88 Å². The number of rotatable bonds is 5. The number of methoxy groups -OCH3 is 1. The predicted octanol–water partition coefficient (Wildman–Crippen LogP) is 4.16. The van der Waals surface area contributed by atoms with Gasteiger partial charge in [-0.1, -0.05) is 12.1 Å². The lowest BCUT2D eigenvalue weighted by Gasteiger charge is -2.09. The molecule has 0 saturated heterocycles. The number of fused-ring (bicyclic) bond motifs is 1. The molecule has 0 aliphatic carbocycles. The minimum Gasteiger partial charge on any atom is -0.479 e. The highest BCUT2D eigenvalue weighted by Crippen LogP contribution is 2.34. The highest BCUT2D eigenvalue weighted by Gasteiger charge is 2.30.